The quantitative estimate of drug-likeness (QED) is 0.863. The molecule has 0 spiro atoms. The molecule has 1 heterocycles. The molecule has 2 N–H and O–H groups in total. The number of nitrogens with one attached hydrogen (secondary N) is 1. The first-order chi connectivity index (χ1) is 9.06. The Balaban J connectivity index is 1.75. The number of carbonyl (C=O) groups excluding carboxylic acids is 1. The second-order valence-corrected chi connectivity index (χ2v) is 5.09. The zero-order valence-corrected chi connectivity index (χ0v) is 10.9. The van der Waals surface area contributed by atoms with Gasteiger partial charge in [0, 0.05) is 12.6 Å². The van der Waals surface area contributed by atoms with Gasteiger partial charge in [-0.15, -0.1) is 0 Å². The zero-order valence-electron chi connectivity index (χ0n) is 10.9. The van der Waals surface area contributed by atoms with Crippen molar-refractivity contribution in [1.82, 2.24) is 10.5 Å². The third-order valence-corrected chi connectivity index (χ3v) is 3.61. The van der Waals surface area contributed by atoms with Crippen LogP contribution in [0.15, 0.2) is 10.6 Å². The van der Waals surface area contributed by atoms with Gasteiger partial charge in [-0.05, 0) is 38.5 Å². The van der Waals surface area contributed by atoms with Crippen molar-refractivity contribution in [3.05, 3.63) is 17.5 Å². The highest BCUT2D eigenvalue weighted by Crippen LogP contribution is 2.28. The maximum Gasteiger partial charge on any atom is 0.306 e. The lowest BCUT2D eigenvalue weighted by Crippen LogP contribution is -2.32. The van der Waals surface area contributed by atoms with Gasteiger partial charge < -0.3 is 14.9 Å². The fraction of sp³-hybridized carbons (Fsp3) is 0.615. The van der Waals surface area contributed by atoms with Crippen LogP contribution >= 0.6 is 0 Å². The van der Waals surface area contributed by atoms with Gasteiger partial charge in [0.15, 0.2) is 5.69 Å². The Morgan fingerprint density at radius 1 is 1.42 bits per heavy atom. The highest BCUT2D eigenvalue weighted by atomic mass is 16.5. The Kier molecular flexibility index (Phi) is 4.19. The average Bonchev–Trinajstić information content (AvgIpc) is 2.83. The van der Waals surface area contributed by atoms with Crippen molar-refractivity contribution < 1.29 is 19.2 Å². The molecule has 1 aliphatic rings. The van der Waals surface area contributed by atoms with Gasteiger partial charge in [0.2, 0.25) is 0 Å². The largest absolute Gasteiger partial charge is 0.481 e. The van der Waals surface area contributed by atoms with E-state index >= 15 is 0 Å². The lowest BCUT2D eigenvalue weighted by Gasteiger charge is -2.25. The van der Waals surface area contributed by atoms with Crippen molar-refractivity contribution in [2.24, 2.45) is 11.8 Å². The van der Waals surface area contributed by atoms with Crippen LogP contribution in [0.25, 0.3) is 0 Å². The summed E-state index contributed by atoms with van der Waals surface area (Å²) < 4.78 is 4.84. The Morgan fingerprint density at radius 2 is 2.11 bits per heavy atom. The van der Waals surface area contributed by atoms with E-state index in [4.69, 9.17) is 9.63 Å². The van der Waals surface area contributed by atoms with E-state index in [1.807, 2.05) is 0 Å². The molecule has 0 aliphatic heterocycles. The first-order valence-electron chi connectivity index (χ1n) is 6.50. The normalized spacial score (nSPS) is 23.0. The summed E-state index contributed by atoms with van der Waals surface area (Å²) in [5, 5.41) is 15.4. The summed E-state index contributed by atoms with van der Waals surface area (Å²) in [6.07, 6.45) is 3.07. The molecule has 0 aromatic carbocycles. The molecule has 0 atom stereocenters. The Labute approximate surface area is 111 Å². The summed E-state index contributed by atoms with van der Waals surface area (Å²) in [6, 6.07) is 1.59. The fourth-order valence-corrected chi connectivity index (χ4v) is 2.41. The molecule has 6 heteroatoms. The Hall–Kier alpha value is -1.85. The molecule has 0 unspecified atom stereocenters. The van der Waals surface area contributed by atoms with Crippen LogP contribution in [0.3, 0.4) is 0 Å². The monoisotopic (exact) mass is 266 g/mol. The Morgan fingerprint density at radius 3 is 2.63 bits per heavy atom. The van der Waals surface area contributed by atoms with E-state index in [0.717, 1.165) is 12.8 Å². The number of amides is 1. The molecule has 1 aromatic rings. The molecule has 2 rings (SSSR count). The minimum Gasteiger partial charge on any atom is -0.481 e. The number of hydrogen-bond donors (Lipinski definition) is 2. The molecular weight excluding hydrogens is 248 g/mol. The zero-order chi connectivity index (χ0) is 13.8. The van der Waals surface area contributed by atoms with E-state index in [0.29, 0.717) is 31.1 Å². The molecule has 1 saturated carbocycles. The van der Waals surface area contributed by atoms with Gasteiger partial charge in [-0.2, -0.15) is 0 Å². The summed E-state index contributed by atoms with van der Waals surface area (Å²) >= 11 is 0. The van der Waals surface area contributed by atoms with Crippen molar-refractivity contribution in [2.75, 3.05) is 6.54 Å². The topological polar surface area (TPSA) is 92.4 Å². The molecule has 0 saturated heterocycles. The summed E-state index contributed by atoms with van der Waals surface area (Å²) in [5.74, 6) is -0.206. The minimum atomic E-state index is -0.708. The molecule has 19 heavy (non-hydrogen) atoms. The summed E-state index contributed by atoms with van der Waals surface area (Å²) in [6.45, 7) is 2.30. The standard InChI is InChI=1S/C13H18N2O4/c1-8-6-11(15-19-8)12(16)14-7-9-2-4-10(5-3-9)13(17)18/h6,9-10H,2-5,7H2,1H3,(H,14,16)(H,17,18). The Bertz CT molecular complexity index is 461. The number of nitrogens with zero attached hydrogens (tertiary/aromatic N) is 1. The number of aliphatic carboxylic acids is 1. The van der Waals surface area contributed by atoms with E-state index in [-0.39, 0.29) is 17.5 Å². The predicted molar refractivity (Wildman–Crippen MR) is 66.7 cm³/mol. The third-order valence-electron chi connectivity index (χ3n) is 3.61. The number of carbonyl (C=O) groups is 2. The minimum absolute atomic E-state index is 0.217. The fourth-order valence-electron chi connectivity index (χ4n) is 2.41. The van der Waals surface area contributed by atoms with Crippen LogP contribution in [0, 0.1) is 18.8 Å². The van der Waals surface area contributed by atoms with Crippen LogP contribution in [0.2, 0.25) is 0 Å². The van der Waals surface area contributed by atoms with Gasteiger partial charge in [-0.25, -0.2) is 0 Å². The van der Waals surface area contributed by atoms with E-state index in [9.17, 15) is 9.59 Å². The number of aromatic nitrogens is 1. The smallest absolute Gasteiger partial charge is 0.306 e. The molecule has 1 fully saturated rings. The second kappa shape index (κ2) is 5.86. The lowest BCUT2D eigenvalue weighted by atomic mass is 9.82. The van der Waals surface area contributed by atoms with Crippen molar-refractivity contribution in [2.45, 2.75) is 32.6 Å². The van der Waals surface area contributed by atoms with Crippen LogP contribution in [-0.4, -0.2) is 28.7 Å². The van der Waals surface area contributed by atoms with Gasteiger partial charge in [0.25, 0.3) is 5.91 Å². The highest BCUT2D eigenvalue weighted by molar-refractivity contribution is 5.92. The summed E-state index contributed by atoms with van der Waals surface area (Å²) in [7, 11) is 0. The van der Waals surface area contributed by atoms with Gasteiger partial charge in [-0.1, -0.05) is 5.16 Å². The molecule has 1 aromatic heterocycles. The molecule has 104 valence electrons. The number of aryl methyl sites for hydroxylation is 1. The molecule has 0 radical (unpaired) electrons. The van der Waals surface area contributed by atoms with E-state index in [2.05, 4.69) is 10.5 Å². The molecule has 6 nitrogen and oxygen atoms in total. The van der Waals surface area contributed by atoms with Gasteiger partial charge in [-0.3, -0.25) is 9.59 Å². The van der Waals surface area contributed by atoms with E-state index < -0.39 is 5.97 Å². The maximum atomic E-state index is 11.7. The third kappa shape index (κ3) is 3.56. The van der Waals surface area contributed by atoms with E-state index in [1.54, 1.807) is 13.0 Å². The number of carboxylic acids is 1. The molecular formula is C13H18N2O4. The van der Waals surface area contributed by atoms with Crippen LogP contribution in [0.5, 0.6) is 0 Å². The summed E-state index contributed by atoms with van der Waals surface area (Å²) in [5.41, 5.74) is 0.289. The SMILES string of the molecule is Cc1cc(C(=O)NCC2CCC(C(=O)O)CC2)no1. The molecule has 0 bridgehead atoms. The highest BCUT2D eigenvalue weighted by Gasteiger charge is 2.26. The molecule has 1 amide bonds. The van der Waals surface area contributed by atoms with E-state index in [1.165, 1.54) is 0 Å². The number of rotatable bonds is 4. The van der Waals surface area contributed by atoms with Gasteiger partial charge in [0.05, 0.1) is 5.92 Å². The van der Waals surface area contributed by atoms with Crippen LogP contribution in [0.4, 0.5) is 0 Å². The van der Waals surface area contributed by atoms with Crippen LogP contribution < -0.4 is 5.32 Å². The maximum absolute atomic E-state index is 11.7. The van der Waals surface area contributed by atoms with Gasteiger partial charge >= 0.3 is 5.97 Å². The van der Waals surface area contributed by atoms with Gasteiger partial charge in [0.1, 0.15) is 5.76 Å². The second-order valence-electron chi connectivity index (χ2n) is 5.09. The predicted octanol–water partition coefficient (Wildman–Crippen LogP) is 1.60. The summed E-state index contributed by atoms with van der Waals surface area (Å²) in [4.78, 5) is 22.6. The first kappa shape index (κ1) is 13.6. The number of carboxylic acid groups (broad SMARTS) is 1. The average molecular weight is 266 g/mol. The van der Waals surface area contributed by atoms with Crippen LogP contribution in [0.1, 0.15) is 41.9 Å². The van der Waals surface area contributed by atoms with Crippen molar-refractivity contribution in [3.8, 4) is 0 Å². The lowest BCUT2D eigenvalue weighted by molar-refractivity contribution is -0.143. The van der Waals surface area contributed by atoms with Crippen molar-refractivity contribution in [1.29, 1.82) is 0 Å². The van der Waals surface area contributed by atoms with Crippen molar-refractivity contribution in [3.63, 3.8) is 0 Å². The molecule has 1 aliphatic carbocycles. The first-order valence-corrected chi connectivity index (χ1v) is 6.50. The van der Waals surface area contributed by atoms with Crippen molar-refractivity contribution >= 4 is 11.9 Å². The number of hydrogen-bond acceptors (Lipinski definition) is 4. The van der Waals surface area contributed by atoms with Crippen LogP contribution in [-0.2, 0) is 4.79 Å².